The number of nitrogens with one attached hydrogen (secondary N) is 2. The third kappa shape index (κ3) is 3.03. The van der Waals surface area contributed by atoms with Gasteiger partial charge in [0.05, 0.1) is 12.1 Å². The summed E-state index contributed by atoms with van der Waals surface area (Å²) in [7, 11) is 0. The van der Waals surface area contributed by atoms with Crippen LogP contribution in [0.25, 0.3) is 0 Å². The highest BCUT2D eigenvalue weighted by atomic mass is 16.3. The van der Waals surface area contributed by atoms with E-state index in [1.54, 1.807) is 0 Å². The molecule has 0 aliphatic heterocycles. The first-order valence-electron chi connectivity index (χ1n) is 8.61. The Morgan fingerprint density at radius 1 is 0.960 bits per heavy atom. The van der Waals surface area contributed by atoms with Gasteiger partial charge in [0.2, 0.25) is 0 Å². The van der Waals surface area contributed by atoms with Crippen molar-refractivity contribution in [3.8, 4) is 0 Å². The van der Waals surface area contributed by atoms with E-state index in [0.717, 1.165) is 30.4 Å². The van der Waals surface area contributed by atoms with Crippen molar-refractivity contribution in [1.29, 1.82) is 0 Å². The average Bonchev–Trinajstić information content (AvgIpc) is 3.19. The molecule has 0 bridgehead atoms. The second kappa shape index (κ2) is 6.33. The van der Waals surface area contributed by atoms with Crippen molar-refractivity contribution in [3.05, 3.63) is 64.7 Å². The maximum atomic E-state index is 12.3. The van der Waals surface area contributed by atoms with Crippen molar-refractivity contribution >= 4 is 17.5 Å². The van der Waals surface area contributed by atoms with E-state index in [9.17, 15) is 14.7 Å². The minimum absolute atomic E-state index is 0.480. The molecule has 3 N–H and O–H groups in total. The number of anilines is 1. The highest BCUT2D eigenvalue weighted by Crippen LogP contribution is 2.31. The Hall–Kier alpha value is -2.66. The smallest absolute Gasteiger partial charge is 0.313 e. The molecule has 0 spiro atoms. The molecule has 2 atom stereocenters. The average molecular weight is 336 g/mol. The van der Waals surface area contributed by atoms with Gasteiger partial charge < -0.3 is 15.7 Å². The van der Waals surface area contributed by atoms with Crippen LogP contribution in [-0.2, 0) is 28.9 Å². The number of aliphatic hydroxyl groups is 1. The predicted molar refractivity (Wildman–Crippen MR) is 94.1 cm³/mol. The lowest BCUT2D eigenvalue weighted by atomic mass is 10.1. The minimum atomic E-state index is -0.735. The molecule has 0 aromatic heterocycles. The summed E-state index contributed by atoms with van der Waals surface area (Å²) >= 11 is 0. The van der Waals surface area contributed by atoms with Gasteiger partial charge in [0, 0.05) is 12.1 Å². The van der Waals surface area contributed by atoms with Crippen molar-refractivity contribution in [2.75, 3.05) is 5.32 Å². The monoisotopic (exact) mass is 336 g/mol. The Bertz CT molecular complexity index is 847. The number of aliphatic hydroxyl groups excluding tert-OH is 1. The Labute approximate surface area is 146 Å². The summed E-state index contributed by atoms with van der Waals surface area (Å²) in [5, 5.41) is 15.5. The van der Waals surface area contributed by atoms with E-state index in [-0.39, 0.29) is 0 Å². The molecule has 4 rings (SSSR count). The van der Waals surface area contributed by atoms with Crippen LogP contribution in [0.15, 0.2) is 42.5 Å². The third-order valence-corrected chi connectivity index (χ3v) is 5.05. The Morgan fingerprint density at radius 3 is 2.64 bits per heavy atom. The van der Waals surface area contributed by atoms with Gasteiger partial charge in [-0.1, -0.05) is 30.3 Å². The van der Waals surface area contributed by atoms with E-state index < -0.39 is 24.0 Å². The predicted octanol–water partition coefficient (Wildman–Crippen LogP) is 1.89. The first kappa shape index (κ1) is 15.8. The highest BCUT2D eigenvalue weighted by Gasteiger charge is 2.33. The highest BCUT2D eigenvalue weighted by molar-refractivity contribution is 6.39. The molecule has 25 heavy (non-hydrogen) atoms. The van der Waals surface area contributed by atoms with Crippen LogP contribution in [0, 0.1) is 0 Å². The molecule has 0 heterocycles. The van der Waals surface area contributed by atoms with E-state index in [0.29, 0.717) is 12.1 Å². The zero-order valence-corrected chi connectivity index (χ0v) is 13.8. The summed E-state index contributed by atoms with van der Waals surface area (Å²) in [6, 6.07) is 12.8. The maximum absolute atomic E-state index is 12.3. The van der Waals surface area contributed by atoms with Crippen LogP contribution >= 0.6 is 0 Å². The fourth-order valence-electron chi connectivity index (χ4n) is 3.79. The molecule has 0 saturated carbocycles. The van der Waals surface area contributed by atoms with E-state index in [1.165, 1.54) is 11.1 Å². The molecule has 5 nitrogen and oxygen atoms in total. The summed E-state index contributed by atoms with van der Waals surface area (Å²) < 4.78 is 0. The second-order valence-electron chi connectivity index (χ2n) is 6.71. The van der Waals surface area contributed by atoms with Gasteiger partial charge in [-0.3, -0.25) is 9.59 Å². The molecule has 128 valence electrons. The molecule has 5 heteroatoms. The second-order valence-corrected chi connectivity index (χ2v) is 6.71. The number of carbonyl (C=O) groups excluding carboxylic acids is 2. The number of benzene rings is 2. The number of aryl methyl sites for hydroxylation is 2. The molecule has 0 radical (unpaired) electrons. The molecule has 2 aliphatic carbocycles. The number of hydrogen-bond donors (Lipinski definition) is 3. The van der Waals surface area contributed by atoms with E-state index in [1.807, 2.05) is 42.5 Å². The number of carbonyl (C=O) groups is 2. The Balaban J connectivity index is 1.44. The van der Waals surface area contributed by atoms with Crippen molar-refractivity contribution < 1.29 is 14.7 Å². The van der Waals surface area contributed by atoms with Crippen molar-refractivity contribution in [2.45, 2.75) is 37.8 Å². The van der Waals surface area contributed by atoms with Crippen LogP contribution in [0.3, 0.4) is 0 Å². The lowest BCUT2D eigenvalue weighted by Crippen LogP contribution is -2.40. The Kier molecular flexibility index (Phi) is 4.01. The van der Waals surface area contributed by atoms with Gasteiger partial charge >= 0.3 is 11.8 Å². The zero-order valence-electron chi connectivity index (χ0n) is 13.8. The first-order valence-corrected chi connectivity index (χ1v) is 8.61. The summed E-state index contributed by atoms with van der Waals surface area (Å²) in [5.41, 5.74) is 5.05. The lowest BCUT2D eigenvalue weighted by molar-refractivity contribution is -0.137. The van der Waals surface area contributed by atoms with Crippen LogP contribution in [0.1, 0.15) is 34.7 Å². The van der Waals surface area contributed by atoms with Gasteiger partial charge in [-0.05, 0) is 53.6 Å². The van der Waals surface area contributed by atoms with Gasteiger partial charge in [0.15, 0.2) is 0 Å². The molecule has 2 aliphatic rings. The summed E-state index contributed by atoms with van der Waals surface area (Å²) in [6.45, 7) is 0. The number of rotatable bonds is 2. The van der Waals surface area contributed by atoms with Crippen LogP contribution in [0.4, 0.5) is 5.69 Å². The minimum Gasteiger partial charge on any atom is -0.390 e. The summed E-state index contributed by atoms with van der Waals surface area (Å²) in [6.07, 6.45) is 2.98. The number of amides is 2. The third-order valence-electron chi connectivity index (χ3n) is 5.05. The van der Waals surface area contributed by atoms with Crippen LogP contribution in [0.5, 0.6) is 0 Å². The van der Waals surface area contributed by atoms with E-state index >= 15 is 0 Å². The van der Waals surface area contributed by atoms with Gasteiger partial charge in [0.25, 0.3) is 0 Å². The van der Waals surface area contributed by atoms with Crippen molar-refractivity contribution in [1.82, 2.24) is 5.32 Å². The molecule has 2 amide bonds. The van der Waals surface area contributed by atoms with Gasteiger partial charge in [0.1, 0.15) is 0 Å². The van der Waals surface area contributed by atoms with Gasteiger partial charge in [-0.2, -0.15) is 0 Å². The lowest BCUT2D eigenvalue weighted by Gasteiger charge is -2.17. The maximum Gasteiger partial charge on any atom is 0.313 e. The molecular formula is C20H20N2O3. The normalized spacial score (nSPS) is 20.7. The quantitative estimate of drug-likeness (QED) is 0.733. The van der Waals surface area contributed by atoms with E-state index in [2.05, 4.69) is 10.6 Å². The molecule has 2 aromatic carbocycles. The van der Waals surface area contributed by atoms with Gasteiger partial charge in [-0.15, -0.1) is 0 Å². The van der Waals surface area contributed by atoms with Crippen LogP contribution < -0.4 is 10.6 Å². The SMILES string of the molecule is O=C(Nc1ccc2c(c1)CCC2)C(=O)N[C@H]1c2ccccc2C[C@H]1O. The molecule has 0 fully saturated rings. The fourth-order valence-corrected chi connectivity index (χ4v) is 3.79. The molecule has 0 unspecified atom stereocenters. The Morgan fingerprint density at radius 2 is 1.76 bits per heavy atom. The first-order chi connectivity index (χ1) is 12.1. The molecule has 2 aromatic rings. The topological polar surface area (TPSA) is 78.4 Å². The van der Waals surface area contributed by atoms with Crippen LogP contribution in [0.2, 0.25) is 0 Å². The van der Waals surface area contributed by atoms with Crippen molar-refractivity contribution in [3.63, 3.8) is 0 Å². The largest absolute Gasteiger partial charge is 0.390 e. The standard InChI is InChI=1S/C20H20N2O3/c23-17-11-14-4-1-2-7-16(14)18(17)22-20(25)19(24)21-15-9-8-12-5-3-6-13(12)10-15/h1-2,4,7-10,17-18,23H,3,5-6,11H2,(H,21,24)(H,22,25)/t17-,18+/m1/s1. The van der Waals surface area contributed by atoms with Crippen molar-refractivity contribution in [2.24, 2.45) is 0 Å². The number of hydrogen-bond acceptors (Lipinski definition) is 3. The number of fused-ring (bicyclic) bond motifs is 2. The fraction of sp³-hybridized carbons (Fsp3) is 0.300. The van der Waals surface area contributed by atoms with Crippen LogP contribution in [-0.4, -0.2) is 23.0 Å². The molecule has 0 saturated heterocycles. The van der Waals surface area contributed by atoms with Gasteiger partial charge in [-0.25, -0.2) is 0 Å². The molecular weight excluding hydrogens is 316 g/mol. The van der Waals surface area contributed by atoms with E-state index in [4.69, 9.17) is 0 Å². The summed E-state index contributed by atoms with van der Waals surface area (Å²) in [5.74, 6) is -1.45. The zero-order chi connectivity index (χ0) is 17.4. The summed E-state index contributed by atoms with van der Waals surface area (Å²) in [4.78, 5) is 24.5.